The van der Waals surface area contributed by atoms with Gasteiger partial charge >= 0.3 is 0 Å². The fourth-order valence-corrected chi connectivity index (χ4v) is 1.74. The molecule has 3 nitrogen and oxygen atoms in total. The highest BCUT2D eigenvalue weighted by atomic mass is 15.3. The second-order valence-electron chi connectivity index (χ2n) is 4.07. The molecule has 0 atom stereocenters. The zero-order valence-corrected chi connectivity index (χ0v) is 8.43. The second kappa shape index (κ2) is 3.12. The lowest BCUT2D eigenvalue weighted by Gasteiger charge is -1.98. The van der Waals surface area contributed by atoms with Crippen LogP contribution in [0.2, 0.25) is 0 Å². The van der Waals surface area contributed by atoms with Crippen molar-refractivity contribution >= 4 is 5.69 Å². The average molecular weight is 199 g/mol. The fourth-order valence-electron chi connectivity index (χ4n) is 1.74. The summed E-state index contributed by atoms with van der Waals surface area (Å²) in [6.07, 6.45) is 6.54. The molecule has 2 aromatic rings. The smallest absolute Gasteiger partial charge is 0.0568 e. The maximum absolute atomic E-state index is 5.75. The van der Waals surface area contributed by atoms with Crippen molar-refractivity contribution in [2.24, 2.45) is 0 Å². The summed E-state index contributed by atoms with van der Waals surface area (Å²) in [7, 11) is 0. The van der Waals surface area contributed by atoms with Gasteiger partial charge in [-0.25, -0.2) is 0 Å². The summed E-state index contributed by atoms with van der Waals surface area (Å²) in [6.45, 7) is 0. The summed E-state index contributed by atoms with van der Waals surface area (Å²) >= 11 is 0. The third-order valence-electron chi connectivity index (χ3n) is 2.74. The molecule has 0 saturated heterocycles. The van der Waals surface area contributed by atoms with Crippen molar-refractivity contribution < 1.29 is 0 Å². The number of benzene rings is 1. The first-order valence-electron chi connectivity index (χ1n) is 5.23. The van der Waals surface area contributed by atoms with Crippen molar-refractivity contribution in [3.63, 3.8) is 0 Å². The van der Waals surface area contributed by atoms with Gasteiger partial charge in [0.2, 0.25) is 0 Å². The van der Waals surface area contributed by atoms with Crippen LogP contribution in [-0.2, 0) is 0 Å². The summed E-state index contributed by atoms with van der Waals surface area (Å²) in [5.74, 6) is 0. The van der Waals surface area contributed by atoms with Crippen molar-refractivity contribution in [3.8, 4) is 11.1 Å². The lowest BCUT2D eigenvalue weighted by Crippen LogP contribution is -1.91. The van der Waals surface area contributed by atoms with Gasteiger partial charge in [-0.3, -0.25) is 4.68 Å². The van der Waals surface area contributed by atoms with E-state index < -0.39 is 0 Å². The van der Waals surface area contributed by atoms with Crippen LogP contribution in [0.15, 0.2) is 36.7 Å². The molecule has 1 fully saturated rings. The molecule has 0 amide bonds. The maximum atomic E-state index is 5.75. The molecule has 0 radical (unpaired) electrons. The quantitative estimate of drug-likeness (QED) is 0.755. The molecule has 15 heavy (non-hydrogen) atoms. The Bertz CT molecular complexity index is 483. The average Bonchev–Trinajstić information content (AvgIpc) is 2.97. The van der Waals surface area contributed by atoms with Crippen molar-refractivity contribution in [3.05, 3.63) is 36.7 Å². The number of nitrogens with two attached hydrogens (primary N) is 1. The van der Waals surface area contributed by atoms with Crippen molar-refractivity contribution in [1.82, 2.24) is 9.78 Å². The Labute approximate surface area is 88.5 Å². The predicted molar refractivity (Wildman–Crippen MR) is 60.3 cm³/mol. The van der Waals surface area contributed by atoms with E-state index in [1.165, 1.54) is 12.8 Å². The van der Waals surface area contributed by atoms with Crippen LogP contribution in [0.25, 0.3) is 11.1 Å². The summed E-state index contributed by atoms with van der Waals surface area (Å²) in [5.41, 5.74) is 8.83. The molecule has 1 aromatic heterocycles. The molecule has 0 spiro atoms. The van der Waals surface area contributed by atoms with Crippen LogP contribution in [-0.4, -0.2) is 9.78 Å². The lowest BCUT2D eigenvalue weighted by atomic mass is 10.1. The van der Waals surface area contributed by atoms with E-state index in [2.05, 4.69) is 22.0 Å². The van der Waals surface area contributed by atoms with Crippen LogP contribution in [0.3, 0.4) is 0 Å². The zero-order valence-electron chi connectivity index (χ0n) is 8.43. The minimum atomic E-state index is 0.639. The molecule has 76 valence electrons. The van der Waals surface area contributed by atoms with Gasteiger partial charge in [-0.05, 0) is 30.5 Å². The van der Waals surface area contributed by atoms with Gasteiger partial charge in [-0.15, -0.1) is 0 Å². The molecular formula is C12H13N3. The first kappa shape index (κ1) is 8.53. The number of hydrogen-bond donors (Lipinski definition) is 1. The van der Waals surface area contributed by atoms with E-state index in [4.69, 9.17) is 5.73 Å². The van der Waals surface area contributed by atoms with Gasteiger partial charge in [0.25, 0.3) is 0 Å². The SMILES string of the molecule is Nc1cccc(-c2cnn(C3CC3)c2)c1. The number of hydrogen-bond acceptors (Lipinski definition) is 2. The summed E-state index contributed by atoms with van der Waals surface area (Å²) in [6, 6.07) is 8.55. The largest absolute Gasteiger partial charge is 0.399 e. The third kappa shape index (κ3) is 1.61. The normalized spacial score (nSPS) is 15.5. The second-order valence-corrected chi connectivity index (χ2v) is 4.07. The number of aromatic nitrogens is 2. The lowest BCUT2D eigenvalue weighted by molar-refractivity contribution is 0.642. The molecule has 3 rings (SSSR count). The van der Waals surface area contributed by atoms with E-state index in [1.807, 2.05) is 24.4 Å². The number of nitrogen functional groups attached to an aromatic ring is 1. The van der Waals surface area contributed by atoms with E-state index in [-0.39, 0.29) is 0 Å². The van der Waals surface area contributed by atoms with E-state index in [0.29, 0.717) is 6.04 Å². The van der Waals surface area contributed by atoms with Crippen LogP contribution in [0.1, 0.15) is 18.9 Å². The Morgan fingerprint density at radius 2 is 2.13 bits per heavy atom. The molecule has 1 heterocycles. The third-order valence-corrected chi connectivity index (χ3v) is 2.74. The molecule has 1 aliphatic carbocycles. The molecule has 2 N–H and O–H groups in total. The summed E-state index contributed by atoms with van der Waals surface area (Å²) in [5, 5.41) is 4.36. The molecule has 0 bridgehead atoms. The minimum absolute atomic E-state index is 0.639. The monoisotopic (exact) mass is 199 g/mol. The Morgan fingerprint density at radius 1 is 1.27 bits per heavy atom. The van der Waals surface area contributed by atoms with E-state index >= 15 is 0 Å². The molecule has 3 heteroatoms. The fraction of sp³-hybridized carbons (Fsp3) is 0.250. The van der Waals surface area contributed by atoms with Gasteiger partial charge in [-0.1, -0.05) is 12.1 Å². The van der Waals surface area contributed by atoms with Crippen LogP contribution in [0, 0.1) is 0 Å². The van der Waals surface area contributed by atoms with Gasteiger partial charge in [-0.2, -0.15) is 5.10 Å². The Hall–Kier alpha value is -1.77. The standard InChI is InChI=1S/C12H13N3/c13-11-3-1-2-9(6-11)10-7-14-15(8-10)12-4-5-12/h1-3,6-8,12H,4-5,13H2. The number of rotatable bonds is 2. The van der Waals surface area contributed by atoms with E-state index in [0.717, 1.165) is 16.8 Å². The Balaban J connectivity index is 1.97. The van der Waals surface area contributed by atoms with Crippen molar-refractivity contribution in [1.29, 1.82) is 0 Å². The Morgan fingerprint density at radius 3 is 2.87 bits per heavy atom. The summed E-state index contributed by atoms with van der Waals surface area (Å²) < 4.78 is 2.05. The molecule has 1 aliphatic rings. The first-order chi connectivity index (χ1) is 7.33. The predicted octanol–water partition coefficient (Wildman–Crippen LogP) is 2.47. The molecule has 1 saturated carbocycles. The molecule has 1 aromatic carbocycles. The van der Waals surface area contributed by atoms with E-state index in [9.17, 15) is 0 Å². The van der Waals surface area contributed by atoms with Gasteiger partial charge in [0.1, 0.15) is 0 Å². The van der Waals surface area contributed by atoms with Gasteiger partial charge < -0.3 is 5.73 Å². The highest BCUT2D eigenvalue weighted by molar-refractivity contribution is 5.65. The minimum Gasteiger partial charge on any atom is -0.399 e. The van der Waals surface area contributed by atoms with Crippen molar-refractivity contribution in [2.45, 2.75) is 18.9 Å². The van der Waals surface area contributed by atoms with E-state index in [1.54, 1.807) is 0 Å². The topological polar surface area (TPSA) is 43.8 Å². The van der Waals surface area contributed by atoms with Crippen LogP contribution in [0.4, 0.5) is 5.69 Å². The van der Waals surface area contributed by atoms with Crippen LogP contribution < -0.4 is 5.73 Å². The van der Waals surface area contributed by atoms with Crippen LogP contribution >= 0.6 is 0 Å². The highest BCUT2D eigenvalue weighted by Crippen LogP contribution is 2.35. The molecule has 0 unspecified atom stereocenters. The highest BCUT2D eigenvalue weighted by Gasteiger charge is 2.24. The Kier molecular flexibility index (Phi) is 1.78. The van der Waals surface area contributed by atoms with Crippen LogP contribution in [0.5, 0.6) is 0 Å². The first-order valence-corrected chi connectivity index (χ1v) is 5.23. The molecule has 0 aliphatic heterocycles. The van der Waals surface area contributed by atoms with Gasteiger partial charge in [0.15, 0.2) is 0 Å². The van der Waals surface area contributed by atoms with Crippen molar-refractivity contribution in [2.75, 3.05) is 5.73 Å². The van der Waals surface area contributed by atoms with Gasteiger partial charge in [0.05, 0.1) is 12.2 Å². The maximum Gasteiger partial charge on any atom is 0.0568 e. The number of nitrogens with zero attached hydrogens (tertiary/aromatic N) is 2. The molecular weight excluding hydrogens is 186 g/mol. The van der Waals surface area contributed by atoms with Gasteiger partial charge in [0, 0.05) is 17.4 Å². The number of anilines is 1. The summed E-state index contributed by atoms with van der Waals surface area (Å²) in [4.78, 5) is 0. The zero-order chi connectivity index (χ0) is 10.3.